The maximum atomic E-state index is 12.9. The van der Waals surface area contributed by atoms with E-state index in [4.69, 9.17) is 4.74 Å². The Kier molecular flexibility index (Phi) is 3.19. The van der Waals surface area contributed by atoms with Crippen LogP contribution in [-0.2, 0) is 4.74 Å². The van der Waals surface area contributed by atoms with Crippen LogP contribution >= 0.6 is 0 Å². The summed E-state index contributed by atoms with van der Waals surface area (Å²) in [4.78, 5) is 18.1. The van der Waals surface area contributed by atoms with Crippen molar-refractivity contribution in [2.24, 2.45) is 5.92 Å². The van der Waals surface area contributed by atoms with Gasteiger partial charge in [0.05, 0.1) is 6.61 Å². The first-order chi connectivity index (χ1) is 10.3. The van der Waals surface area contributed by atoms with Gasteiger partial charge in [-0.25, -0.2) is 0 Å². The van der Waals surface area contributed by atoms with E-state index < -0.39 is 0 Å². The summed E-state index contributed by atoms with van der Waals surface area (Å²) in [6.45, 7) is 2.48. The highest BCUT2D eigenvalue weighted by Crippen LogP contribution is 2.30. The highest BCUT2D eigenvalue weighted by atomic mass is 16.5. The fourth-order valence-electron chi connectivity index (χ4n) is 3.14. The van der Waals surface area contributed by atoms with E-state index in [1.165, 1.54) is 0 Å². The molecule has 0 spiro atoms. The lowest BCUT2D eigenvalue weighted by Gasteiger charge is -2.25. The van der Waals surface area contributed by atoms with E-state index >= 15 is 0 Å². The lowest BCUT2D eigenvalue weighted by molar-refractivity contribution is 0.0706. The van der Waals surface area contributed by atoms with Gasteiger partial charge in [-0.1, -0.05) is 6.07 Å². The predicted molar refractivity (Wildman–Crippen MR) is 81.3 cm³/mol. The minimum absolute atomic E-state index is 0.168. The third-order valence-corrected chi connectivity index (χ3v) is 4.53. The lowest BCUT2D eigenvalue weighted by atomic mass is 10.1. The molecule has 0 radical (unpaired) electrons. The monoisotopic (exact) mass is 284 g/mol. The van der Waals surface area contributed by atoms with E-state index in [-0.39, 0.29) is 5.91 Å². The van der Waals surface area contributed by atoms with Crippen LogP contribution in [0.4, 0.5) is 0 Å². The number of aromatic amines is 1. The molecule has 1 atom stereocenters. The molecule has 2 fully saturated rings. The van der Waals surface area contributed by atoms with Crippen LogP contribution in [0.3, 0.4) is 0 Å². The number of carbonyl (C=O) groups excluding carboxylic acids is 1. The third-order valence-electron chi connectivity index (χ3n) is 4.53. The van der Waals surface area contributed by atoms with Crippen molar-refractivity contribution < 1.29 is 9.53 Å². The number of ether oxygens (including phenoxy) is 1. The van der Waals surface area contributed by atoms with Crippen molar-refractivity contribution in [3.8, 4) is 0 Å². The molecule has 0 bridgehead atoms. The van der Waals surface area contributed by atoms with Crippen LogP contribution in [0.2, 0.25) is 0 Å². The molecular weight excluding hydrogens is 264 g/mol. The number of rotatable bonds is 4. The van der Waals surface area contributed by atoms with Gasteiger partial charge in [0, 0.05) is 42.4 Å². The number of benzene rings is 1. The van der Waals surface area contributed by atoms with Crippen molar-refractivity contribution in [3.05, 3.63) is 36.0 Å². The summed E-state index contributed by atoms with van der Waals surface area (Å²) in [6, 6.07) is 8.40. The van der Waals surface area contributed by atoms with Crippen LogP contribution < -0.4 is 0 Å². The fraction of sp³-hybridized carbons (Fsp3) is 0.471. The Labute approximate surface area is 124 Å². The second-order valence-corrected chi connectivity index (χ2v) is 6.20. The highest BCUT2D eigenvalue weighted by Gasteiger charge is 2.35. The van der Waals surface area contributed by atoms with E-state index in [0.717, 1.165) is 55.5 Å². The van der Waals surface area contributed by atoms with Crippen molar-refractivity contribution in [1.82, 2.24) is 9.88 Å². The molecule has 21 heavy (non-hydrogen) atoms. The zero-order chi connectivity index (χ0) is 14.2. The first-order valence-corrected chi connectivity index (χ1v) is 7.77. The summed E-state index contributed by atoms with van der Waals surface area (Å²) in [6.07, 6.45) is 5.27. The van der Waals surface area contributed by atoms with Crippen molar-refractivity contribution in [2.75, 3.05) is 19.8 Å². The van der Waals surface area contributed by atoms with Gasteiger partial charge in [-0.3, -0.25) is 4.79 Å². The van der Waals surface area contributed by atoms with Gasteiger partial charge in [0.15, 0.2) is 0 Å². The lowest BCUT2D eigenvalue weighted by Crippen LogP contribution is -2.37. The Morgan fingerprint density at radius 1 is 1.29 bits per heavy atom. The average molecular weight is 284 g/mol. The normalized spacial score (nSPS) is 21.8. The maximum Gasteiger partial charge on any atom is 0.254 e. The molecule has 1 aliphatic carbocycles. The molecule has 2 aliphatic rings. The molecule has 1 amide bonds. The zero-order valence-electron chi connectivity index (χ0n) is 12.0. The van der Waals surface area contributed by atoms with Gasteiger partial charge in [-0.05, 0) is 42.8 Å². The van der Waals surface area contributed by atoms with Crippen LogP contribution in [0, 0.1) is 5.92 Å². The Bertz CT molecular complexity index is 654. The molecule has 1 N–H and O–H groups in total. The van der Waals surface area contributed by atoms with Gasteiger partial charge in [-0.15, -0.1) is 0 Å². The highest BCUT2D eigenvalue weighted by molar-refractivity contribution is 5.98. The first kappa shape index (κ1) is 12.9. The summed E-state index contributed by atoms with van der Waals surface area (Å²) < 4.78 is 5.45. The van der Waals surface area contributed by atoms with Gasteiger partial charge in [0.25, 0.3) is 5.91 Å². The van der Waals surface area contributed by atoms with Gasteiger partial charge in [0.1, 0.15) is 0 Å². The molecule has 2 heterocycles. The standard InChI is InChI=1S/C17H20N2O2/c20-17(14-2-1-13-5-7-18-16(13)9-14)19(15-3-4-15)10-12-6-8-21-11-12/h1-2,5,7,9,12,15,18H,3-4,6,8,10-11H2. The minimum Gasteiger partial charge on any atom is -0.381 e. The second-order valence-electron chi connectivity index (χ2n) is 6.20. The van der Waals surface area contributed by atoms with Crippen LogP contribution in [-0.4, -0.2) is 41.6 Å². The number of H-pyrrole nitrogens is 1. The van der Waals surface area contributed by atoms with Crippen LogP contribution in [0.15, 0.2) is 30.5 Å². The van der Waals surface area contributed by atoms with E-state index in [2.05, 4.69) is 9.88 Å². The number of fused-ring (bicyclic) bond motifs is 1. The molecule has 110 valence electrons. The molecule has 4 heteroatoms. The molecule has 2 aromatic rings. The summed E-state index contributed by atoms with van der Waals surface area (Å²) in [5.74, 6) is 0.671. The van der Waals surface area contributed by atoms with Crippen LogP contribution in [0.25, 0.3) is 10.9 Å². The Morgan fingerprint density at radius 3 is 2.95 bits per heavy atom. The second kappa shape index (κ2) is 5.19. The minimum atomic E-state index is 0.168. The van der Waals surface area contributed by atoms with Crippen LogP contribution in [0.1, 0.15) is 29.6 Å². The molecule has 1 saturated heterocycles. The maximum absolute atomic E-state index is 12.9. The summed E-state index contributed by atoms with van der Waals surface area (Å²) in [5.41, 5.74) is 1.82. The zero-order valence-corrected chi connectivity index (χ0v) is 12.0. The SMILES string of the molecule is O=C(c1ccc2cc[nH]c2c1)N(CC1CCOC1)C1CC1. The topological polar surface area (TPSA) is 45.3 Å². The summed E-state index contributed by atoms with van der Waals surface area (Å²) >= 11 is 0. The molecule has 4 nitrogen and oxygen atoms in total. The van der Waals surface area contributed by atoms with Crippen LogP contribution in [0.5, 0.6) is 0 Å². The van der Waals surface area contributed by atoms with E-state index in [9.17, 15) is 4.79 Å². The van der Waals surface area contributed by atoms with Crippen molar-refractivity contribution in [1.29, 1.82) is 0 Å². The molecule has 4 rings (SSSR count). The molecule has 1 aliphatic heterocycles. The Morgan fingerprint density at radius 2 is 2.19 bits per heavy atom. The number of aromatic nitrogens is 1. The number of carbonyl (C=O) groups is 1. The van der Waals surface area contributed by atoms with Gasteiger partial charge < -0.3 is 14.6 Å². The van der Waals surface area contributed by atoms with Crippen molar-refractivity contribution >= 4 is 16.8 Å². The molecule has 1 unspecified atom stereocenters. The van der Waals surface area contributed by atoms with Gasteiger partial charge >= 0.3 is 0 Å². The Hall–Kier alpha value is -1.81. The molecule has 1 aromatic heterocycles. The quantitative estimate of drug-likeness (QED) is 0.938. The summed E-state index contributed by atoms with van der Waals surface area (Å²) in [7, 11) is 0. The number of nitrogens with one attached hydrogen (secondary N) is 1. The number of hydrogen-bond acceptors (Lipinski definition) is 2. The molecular formula is C17H20N2O2. The fourth-order valence-corrected chi connectivity index (χ4v) is 3.14. The summed E-state index contributed by atoms with van der Waals surface area (Å²) in [5, 5.41) is 1.15. The number of amides is 1. The average Bonchev–Trinajstić information content (AvgIpc) is 3.02. The van der Waals surface area contributed by atoms with E-state index in [0.29, 0.717) is 12.0 Å². The van der Waals surface area contributed by atoms with Gasteiger partial charge in [0.2, 0.25) is 0 Å². The van der Waals surface area contributed by atoms with Crippen molar-refractivity contribution in [3.63, 3.8) is 0 Å². The smallest absolute Gasteiger partial charge is 0.254 e. The van der Waals surface area contributed by atoms with E-state index in [1.54, 1.807) is 0 Å². The van der Waals surface area contributed by atoms with Gasteiger partial charge in [-0.2, -0.15) is 0 Å². The van der Waals surface area contributed by atoms with E-state index in [1.807, 2.05) is 30.5 Å². The number of hydrogen-bond donors (Lipinski definition) is 1. The molecule has 1 aromatic carbocycles. The first-order valence-electron chi connectivity index (χ1n) is 7.77. The third kappa shape index (κ3) is 2.56. The predicted octanol–water partition coefficient (Wildman–Crippen LogP) is 2.81. The molecule has 1 saturated carbocycles. The number of nitrogens with zero attached hydrogens (tertiary/aromatic N) is 1. The largest absolute Gasteiger partial charge is 0.381 e. The Balaban J connectivity index is 1.57. The van der Waals surface area contributed by atoms with Crippen molar-refractivity contribution in [2.45, 2.75) is 25.3 Å².